The first-order valence-corrected chi connectivity index (χ1v) is 7.93. The van der Waals surface area contributed by atoms with Gasteiger partial charge in [0, 0.05) is 13.1 Å². The molecular weight excluding hydrogens is 280 g/mol. The second-order valence-corrected chi connectivity index (χ2v) is 6.10. The van der Waals surface area contributed by atoms with Crippen LogP contribution >= 0.6 is 0 Å². The third-order valence-corrected chi connectivity index (χ3v) is 4.32. The maximum Gasteiger partial charge on any atom is 0.268 e. The van der Waals surface area contributed by atoms with E-state index in [9.17, 15) is 9.59 Å². The highest BCUT2D eigenvalue weighted by molar-refractivity contribution is 6.03. The molecule has 1 saturated heterocycles. The van der Waals surface area contributed by atoms with E-state index in [2.05, 4.69) is 0 Å². The number of benzene rings is 1. The van der Waals surface area contributed by atoms with E-state index in [0.29, 0.717) is 11.4 Å². The van der Waals surface area contributed by atoms with Crippen LogP contribution in [0, 0.1) is 6.92 Å². The number of carbonyl (C=O) groups is 2. The Morgan fingerprint density at radius 3 is 2.73 bits per heavy atom. The quantitative estimate of drug-likeness (QED) is 0.841. The van der Waals surface area contributed by atoms with Gasteiger partial charge >= 0.3 is 0 Å². The van der Waals surface area contributed by atoms with Gasteiger partial charge in [0.15, 0.2) is 6.10 Å². The van der Waals surface area contributed by atoms with Crippen LogP contribution in [0.15, 0.2) is 18.2 Å². The van der Waals surface area contributed by atoms with Crippen molar-refractivity contribution in [3.05, 3.63) is 23.8 Å². The molecule has 1 aromatic carbocycles. The molecule has 1 aromatic rings. The highest BCUT2D eigenvalue weighted by atomic mass is 16.5. The lowest BCUT2D eigenvalue weighted by atomic mass is 10.1. The van der Waals surface area contributed by atoms with Crippen LogP contribution in [0.25, 0.3) is 0 Å². The summed E-state index contributed by atoms with van der Waals surface area (Å²) in [5.41, 5.74) is 1.74. The first-order chi connectivity index (χ1) is 10.6. The van der Waals surface area contributed by atoms with Gasteiger partial charge in [-0.05, 0) is 50.8 Å². The molecule has 0 saturated carbocycles. The smallest absolute Gasteiger partial charge is 0.268 e. The van der Waals surface area contributed by atoms with E-state index in [1.165, 1.54) is 6.42 Å². The summed E-state index contributed by atoms with van der Waals surface area (Å²) in [4.78, 5) is 28.4. The van der Waals surface area contributed by atoms with Gasteiger partial charge in [0.1, 0.15) is 12.3 Å². The second kappa shape index (κ2) is 5.99. The summed E-state index contributed by atoms with van der Waals surface area (Å²) in [7, 11) is 0. The van der Waals surface area contributed by atoms with Crippen molar-refractivity contribution in [2.75, 3.05) is 24.5 Å². The highest BCUT2D eigenvalue weighted by Gasteiger charge is 2.33. The summed E-state index contributed by atoms with van der Waals surface area (Å²) in [6.07, 6.45) is 2.73. The number of carbonyl (C=O) groups excluding carboxylic acids is 2. The molecule has 0 spiro atoms. The van der Waals surface area contributed by atoms with Crippen LogP contribution in [0.1, 0.15) is 31.7 Å². The van der Waals surface area contributed by atoms with Crippen molar-refractivity contribution in [3.8, 4) is 5.75 Å². The predicted molar refractivity (Wildman–Crippen MR) is 84.1 cm³/mol. The molecule has 5 heteroatoms. The Balaban J connectivity index is 1.83. The molecule has 0 unspecified atom stereocenters. The van der Waals surface area contributed by atoms with E-state index in [0.717, 1.165) is 31.5 Å². The van der Waals surface area contributed by atoms with Gasteiger partial charge in [0.2, 0.25) is 5.91 Å². The largest absolute Gasteiger partial charge is 0.479 e. The Bertz CT molecular complexity index is 594. The van der Waals surface area contributed by atoms with Crippen LogP contribution in [0.2, 0.25) is 0 Å². The van der Waals surface area contributed by atoms with E-state index < -0.39 is 6.10 Å². The van der Waals surface area contributed by atoms with Crippen LogP contribution in [0.3, 0.4) is 0 Å². The number of amides is 2. The number of hydrogen-bond acceptors (Lipinski definition) is 3. The van der Waals surface area contributed by atoms with Crippen LogP contribution in [-0.2, 0) is 9.59 Å². The third kappa shape index (κ3) is 2.80. The molecule has 2 aliphatic heterocycles. The Morgan fingerprint density at radius 1 is 1.27 bits per heavy atom. The van der Waals surface area contributed by atoms with Crippen molar-refractivity contribution in [2.24, 2.45) is 0 Å². The van der Waals surface area contributed by atoms with Gasteiger partial charge in [-0.1, -0.05) is 6.07 Å². The molecule has 2 aliphatic rings. The molecule has 0 aliphatic carbocycles. The average molecular weight is 302 g/mol. The fraction of sp³-hybridized carbons (Fsp3) is 0.529. The van der Waals surface area contributed by atoms with Gasteiger partial charge in [-0.3, -0.25) is 14.5 Å². The van der Waals surface area contributed by atoms with E-state index in [-0.39, 0.29) is 18.4 Å². The number of fused-ring (bicyclic) bond motifs is 1. The van der Waals surface area contributed by atoms with Crippen molar-refractivity contribution in [3.63, 3.8) is 0 Å². The standard InChI is InChI=1S/C17H22N2O3/c1-12-6-7-15-14(10-12)19(17(21)13(2)22-15)11-16(20)18-8-4-3-5-9-18/h6-7,10,13H,3-5,8-9,11H2,1-2H3/t13-/m1/s1. The van der Waals surface area contributed by atoms with Gasteiger partial charge in [0.05, 0.1) is 5.69 Å². The first kappa shape index (κ1) is 14.9. The summed E-state index contributed by atoms with van der Waals surface area (Å²) in [6, 6.07) is 5.72. The Kier molecular flexibility index (Phi) is 4.05. The predicted octanol–water partition coefficient (Wildman–Crippen LogP) is 2.12. The fourth-order valence-electron chi connectivity index (χ4n) is 3.06. The van der Waals surface area contributed by atoms with E-state index >= 15 is 0 Å². The molecule has 2 heterocycles. The number of anilines is 1. The topological polar surface area (TPSA) is 49.9 Å². The Morgan fingerprint density at radius 2 is 2.00 bits per heavy atom. The number of aryl methyl sites for hydroxylation is 1. The van der Waals surface area contributed by atoms with Crippen molar-refractivity contribution < 1.29 is 14.3 Å². The minimum atomic E-state index is -0.552. The fourth-order valence-corrected chi connectivity index (χ4v) is 3.06. The zero-order valence-corrected chi connectivity index (χ0v) is 13.2. The van der Waals surface area contributed by atoms with Crippen molar-refractivity contribution >= 4 is 17.5 Å². The average Bonchev–Trinajstić information content (AvgIpc) is 2.53. The van der Waals surface area contributed by atoms with Gasteiger partial charge in [-0.25, -0.2) is 0 Å². The monoisotopic (exact) mass is 302 g/mol. The highest BCUT2D eigenvalue weighted by Crippen LogP contribution is 2.34. The molecule has 5 nitrogen and oxygen atoms in total. The zero-order valence-electron chi connectivity index (χ0n) is 13.2. The summed E-state index contributed by atoms with van der Waals surface area (Å²) in [5, 5.41) is 0. The van der Waals surface area contributed by atoms with E-state index in [4.69, 9.17) is 4.74 Å². The summed E-state index contributed by atoms with van der Waals surface area (Å²) >= 11 is 0. The van der Waals surface area contributed by atoms with Gasteiger partial charge in [-0.2, -0.15) is 0 Å². The van der Waals surface area contributed by atoms with Crippen LogP contribution in [0.5, 0.6) is 5.75 Å². The van der Waals surface area contributed by atoms with Gasteiger partial charge in [-0.15, -0.1) is 0 Å². The Labute approximate surface area is 130 Å². The molecular formula is C17H22N2O3. The molecule has 22 heavy (non-hydrogen) atoms. The normalized spacial score (nSPS) is 21.4. The van der Waals surface area contributed by atoms with Crippen LogP contribution in [0.4, 0.5) is 5.69 Å². The number of hydrogen-bond donors (Lipinski definition) is 0. The lowest BCUT2D eigenvalue weighted by molar-refractivity contribution is -0.133. The number of nitrogens with zero attached hydrogens (tertiary/aromatic N) is 2. The summed E-state index contributed by atoms with van der Waals surface area (Å²) in [5.74, 6) is 0.544. The second-order valence-electron chi connectivity index (χ2n) is 6.10. The van der Waals surface area contributed by atoms with Gasteiger partial charge in [0.25, 0.3) is 5.91 Å². The minimum absolute atomic E-state index is 0.0228. The van der Waals surface area contributed by atoms with Crippen molar-refractivity contribution in [2.45, 2.75) is 39.2 Å². The minimum Gasteiger partial charge on any atom is -0.479 e. The number of rotatable bonds is 2. The Hall–Kier alpha value is -2.04. The third-order valence-electron chi connectivity index (χ3n) is 4.32. The number of piperidine rings is 1. The maximum absolute atomic E-state index is 12.5. The van der Waals surface area contributed by atoms with E-state index in [1.54, 1.807) is 11.8 Å². The molecule has 3 rings (SSSR count). The van der Waals surface area contributed by atoms with Crippen LogP contribution in [-0.4, -0.2) is 42.5 Å². The molecule has 2 amide bonds. The zero-order chi connectivity index (χ0) is 15.7. The summed E-state index contributed by atoms with van der Waals surface area (Å²) in [6.45, 7) is 5.39. The first-order valence-electron chi connectivity index (χ1n) is 7.93. The lowest BCUT2D eigenvalue weighted by Gasteiger charge is -2.35. The molecule has 0 N–H and O–H groups in total. The lowest BCUT2D eigenvalue weighted by Crippen LogP contribution is -2.50. The van der Waals surface area contributed by atoms with Crippen LogP contribution < -0.4 is 9.64 Å². The number of likely N-dealkylation sites (tertiary alicyclic amines) is 1. The van der Waals surface area contributed by atoms with Gasteiger partial charge < -0.3 is 9.64 Å². The maximum atomic E-state index is 12.5. The molecule has 1 atom stereocenters. The molecule has 1 fully saturated rings. The molecule has 118 valence electrons. The van der Waals surface area contributed by atoms with E-state index in [1.807, 2.05) is 30.0 Å². The van der Waals surface area contributed by atoms with Crippen molar-refractivity contribution in [1.29, 1.82) is 0 Å². The molecule has 0 radical (unpaired) electrons. The summed E-state index contributed by atoms with van der Waals surface area (Å²) < 4.78 is 5.64. The SMILES string of the molecule is Cc1ccc2c(c1)N(CC(=O)N1CCCCC1)C(=O)[C@@H](C)O2. The number of ether oxygens (including phenoxy) is 1. The van der Waals surface area contributed by atoms with Crippen molar-refractivity contribution in [1.82, 2.24) is 4.90 Å². The molecule has 0 aromatic heterocycles. The molecule has 0 bridgehead atoms.